The Balaban J connectivity index is 1.62. The Kier molecular flexibility index (Phi) is 6.79. The van der Waals surface area contributed by atoms with Crippen LogP contribution in [-0.4, -0.2) is 24.6 Å². The van der Waals surface area contributed by atoms with Gasteiger partial charge in [0.1, 0.15) is 0 Å². The zero-order chi connectivity index (χ0) is 20.9. The fraction of sp³-hybridized carbons (Fsp3) is 0.100. The van der Waals surface area contributed by atoms with Gasteiger partial charge >= 0.3 is 0 Å². The molecule has 0 radical (unpaired) electrons. The van der Waals surface area contributed by atoms with Crippen molar-refractivity contribution in [3.63, 3.8) is 0 Å². The van der Waals surface area contributed by atoms with Crippen LogP contribution in [0.15, 0.2) is 82.8 Å². The van der Waals surface area contributed by atoms with Crippen LogP contribution < -0.4 is 10.0 Å². The van der Waals surface area contributed by atoms with Crippen LogP contribution in [0.4, 0.5) is 11.4 Å². The molecule has 6 nitrogen and oxygen atoms in total. The third-order valence-electron chi connectivity index (χ3n) is 3.84. The molecule has 0 saturated heterocycles. The van der Waals surface area contributed by atoms with Gasteiger partial charge in [0.15, 0.2) is 0 Å². The number of rotatable bonds is 7. The molecule has 3 aromatic rings. The first-order chi connectivity index (χ1) is 13.8. The number of carbonyl (C=O) groups excluding carboxylic acids is 1. The molecule has 1 aromatic heterocycles. The smallest absolute Gasteiger partial charge is 0.261 e. The lowest BCUT2D eigenvalue weighted by molar-refractivity contribution is -0.115. The third kappa shape index (κ3) is 5.96. The van der Waals surface area contributed by atoms with Gasteiger partial charge in [0, 0.05) is 21.8 Å². The number of benzene rings is 2. The quantitative estimate of drug-likeness (QED) is 0.514. The Labute approximate surface area is 178 Å². The Morgan fingerprint density at radius 3 is 2.34 bits per heavy atom. The topological polar surface area (TPSA) is 88.2 Å². The largest absolute Gasteiger partial charge is 0.325 e. The van der Waals surface area contributed by atoms with Gasteiger partial charge in [-0.05, 0) is 67.6 Å². The maximum atomic E-state index is 12.4. The highest BCUT2D eigenvalue weighted by molar-refractivity contribution is 8.00. The summed E-state index contributed by atoms with van der Waals surface area (Å²) < 4.78 is 27.3. The average molecular weight is 448 g/mol. The summed E-state index contributed by atoms with van der Waals surface area (Å²) in [5.74, 6) is -0.186. The van der Waals surface area contributed by atoms with Gasteiger partial charge in [0.25, 0.3) is 10.0 Å². The minimum atomic E-state index is -3.74. The van der Waals surface area contributed by atoms with Crippen molar-refractivity contribution >= 4 is 50.7 Å². The van der Waals surface area contributed by atoms with Crippen molar-refractivity contribution in [2.24, 2.45) is 0 Å². The van der Waals surface area contributed by atoms with Crippen LogP contribution in [0, 0.1) is 0 Å². The van der Waals surface area contributed by atoms with Crippen LogP contribution in [0.2, 0.25) is 5.02 Å². The second-order valence-electron chi connectivity index (χ2n) is 6.07. The summed E-state index contributed by atoms with van der Waals surface area (Å²) in [6, 6.07) is 16.5. The van der Waals surface area contributed by atoms with Crippen molar-refractivity contribution < 1.29 is 13.2 Å². The number of hydrogen-bond donors (Lipinski definition) is 2. The van der Waals surface area contributed by atoms with Gasteiger partial charge in [-0.1, -0.05) is 11.6 Å². The lowest BCUT2D eigenvalue weighted by Crippen LogP contribution is -2.22. The zero-order valence-corrected chi connectivity index (χ0v) is 17.8. The van der Waals surface area contributed by atoms with Crippen molar-refractivity contribution in [1.29, 1.82) is 0 Å². The van der Waals surface area contributed by atoms with Gasteiger partial charge < -0.3 is 5.32 Å². The molecule has 0 spiro atoms. The monoisotopic (exact) mass is 447 g/mol. The number of aromatic nitrogens is 1. The van der Waals surface area contributed by atoms with E-state index in [1.165, 1.54) is 30.1 Å². The molecule has 3 rings (SSSR count). The highest BCUT2D eigenvalue weighted by Gasteiger charge is 2.17. The van der Waals surface area contributed by atoms with E-state index in [9.17, 15) is 13.2 Å². The molecule has 9 heteroatoms. The van der Waals surface area contributed by atoms with Crippen molar-refractivity contribution in [3.05, 3.63) is 78.1 Å². The number of amides is 1. The van der Waals surface area contributed by atoms with Crippen molar-refractivity contribution in [2.75, 3.05) is 10.0 Å². The van der Waals surface area contributed by atoms with Gasteiger partial charge in [-0.3, -0.25) is 14.5 Å². The Morgan fingerprint density at radius 2 is 1.72 bits per heavy atom. The molecule has 29 heavy (non-hydrogen) atoms. The molecular weight excluding hydrogens is 430 g/mol. The summed E-state index contributed by atoms with van der Waals surface area (Å²) in [5.41, 5.74) is 0.886. The van der Waals surface area contributed by atoms with Crippen molar-refractivity contribution in [2.45, 2.75) is 22.0 Å². The number of halogens is 1. The lowest BCUT2D eigenvalue weighted by atomic mass is 10.3. The zero-order valence-electron chi connectivity index (χ0n) is 15.4. The summed E-state index contributed by atoms with van der Waals surface area (Å²) in [6.07, 6.45) is 2.98. The summed E-state index contributed by atoms with van der Waals surface area (Å²) in [4.78, 5) is 17.3. The maximum Gasteiger partial charge on any atom is 0.261 e. The van der Waals surface area contributed by atoms with E-state index in [2.05, 4.69) is 15.0 Å². The van der Waals surface area contributed by atoms with E-state index in [1.807, 2.05) is 12.1 Å². The molecule has 0 bridgehead atoms. The number of hydrogen-bond acceptors (Lipinski definition) is 5. The van der Waals surface area contributed by atoms with E-state index in [0.29, 0.717) is 16.4 Å². The van der Waals surface area contributed by atoms with E-state index in [4.69, 9.17) is 11.6 Å². The second-order valence-corrected chi connectivity index (χ2v) is 9.61. The van der Waals surface area contributed by atoms with E-state index in [1.54, 1.807) is 49.5 Å². The minimum Gasteiger partial charge on any atom is -0.325 e. The van der Waals surface area contributed by atoms with Crippen LogP contribution in [0.3, 0.4) is 0 Å². The Hall–Kier alpha value is -2.55. The van der Waals surface area contributed by atoms with Gasteiger partial charge in [0.05, 0.1) is 22.0 Å². The molecule has 1 amide bonds. The number of thioether (sulfide) groups is 1. The number of nitrogens with zero attached hydrogens (tertiary/aromatic N) is 1. The van der Waals surface area contributed by atoms with Gasteiger partial charge in [-0.25, -0.2) is 8.42 Å². The molecule has 0 unspecified atom stereocenters. The number of sulfonamides is 1. The van der Waals surface area contributed by atoms with E-state index < -0.39 is 10.0 Å². The molecule has 2 N–H and O–H groups in total. The van der Waals surface area contributed by atoms with Gasteiger partial charge in [-0.15, -0.1) is 11.8 Å². The van der Waals surface area contributed by atoms with Crippen LogP contribution in [0.25, 0.3) is 0 Å². The van der Waals surface area contributed by atoms with Crippen LogP contribution in [0.1, 0.15) is 6.92 Å². The molecule has 0 aliphatic carbocycles. The number of pyridine rings is 1. The van der Waals surface area contributed by atoms with E-state index in [-0.39, 0.29) is 16.1 Å². The fourth-order valence-corrected chi connectivity index (χ4v) is 4.41. The first kappa shape index (κ1) is 21.2. The maximum absolute atomic E-state index is 12.4. The summed E-state index contributed by atoms with van der Waals surface area (Å²) in [6.45, 7) is 1.80. The van der Waals surface area contributed by atoms with E-state index in [0.717, 1.165) is 4.90 Å². The fourth-order valence-electron chi connectivity index (χ4n) is 2.37. The van der Waals surface area contributed by atoms with Gasteiger partial charge in [-0.2, -0.15) is 0 Å². The van der Waals surface area contributed by atoms with Crippen molar-refractivity contribution in [3.8, 4) is 0 Å². The SMILES string of the molecule is C[C@H](Sc1ccc(Cl)cc1)C(=O)Nc1ccc(S(=O)(=O)Nc2cccnc2)cc1. The molecule has 150 valence electrons. The third-order valence-corrected chi connectivity index (χ3v) is 6.60. The van der Waals surface area contributed by atoms with Crippen LogP contribution >= 0.6 is 23.4 Å². The molecule has 1 heterocycles. The first-order valence-electron chi connectivity index (χ1n) is 8.59. The molecule has 0 saturated carbocycles. The molecular formula is C20H18ClN3O3S2. The number of carbonyl (C=O) groups is 1. The molecule has 0 fully saturated rings. The van der Waals surface area contributed by atoms with Crippen LogP contribution in [0.5, 0.6) is 0 Å². The normalized spacial score (nSPS) is 12.2. The predicted octanol–water partition coefficient (Wildman–Crippen LogP) is 4.66. The first-order valence-corrected chi connectivity index (χ1v) is 11.3. The second kappa shape index (κ2) is 9.30. The highest BCUT2D eigenvalue weighted by Crippen LogP contribution is 2.26. The summed E-state index contributed by atoms with van der Waals surface area (Å²) >= 11 is 7.28. The lowest BCUT2D eigenvalue weighted by Gasteiger charge is -2.13. The Morgan fingerprint density at radius 1 is 1.03 bits per heavy atom. The molecule has 1 atom stereocenters. The highest BCUT2D eigenvalue weighted by atomic mass is 35.5. The average Bonchev–Trinajstić information content (AvgIpc) is 2.70. The summed E-state index contributed by atoms with van der Waals surface area (Å²) in [5, 5.41) is 3.09. The molecule has 0 aliphatic heterocycles. The van der Waals surface area contributed by atoms with Crippen molar-refractivity contribution in [1.82, 2.24) is 4.98 Å². The summed E-state index contributed by atoms with van der Waals surface area (Å²) in [7, 11) is -3.74. The number of anilines is 2. The van der Waals surface area contributed by atoms with Gasteiger partial charge in [0.2, 0.25) is 5.91 Å². The number of nitrogens with one attached hydrogen (secondary N) is 2. The predicted molar refractivity (Wildman–Crippen MR) is 117 cm³/mol. The minimum absolute atomic E-state index is 0.0861. The van der Waals surface area contributed by atoms with Crippen LogP contribution in [-0.2, 0) is 14.8 Å². The van der Waals surface area contributed by atoms with E-state index >= 15 is 0 Å². The Bertz CT molecular complexity index is 1070. The molecule has 2 aromatic carbocycles. The molecule has 0 aliphatic rings. The standard InChI is InChI=1S/C20H18ClN3O3S2/c1-14(28-18-8-4-15(21)5-9-18)20(25)23-16-6-10-19(11-7-16)29(26,27)24-17-3-2-12-22-13-17/h2-14,24H,1H3,(H,23,25)/t14-/m0/s1.